The van der Waals surface area contributed by atoms with Crippen molar-refractivity contribution in [3.05, 3.63) is 229 Å². The molecule has 2 nitrogen and oxygen atoms in total. The zero-order valence-electron chi connectivity index (χ0n) is 31.4. The van der Waals surface area contributed by atoms with E-state index in [9.17, 15) is 0 Å². The van der Waals surface area contributed by atoms with Crippen LogP contribution in [0.2, 0.25) is 0 Å². The Morgan fingerprint density at radius 2 is 0.966 bits per heavy atom. The van der Waals surface area contributed by atoms with Gasteiger partial charge in [0.15, 0.2) is 0 Å². The highest BCUT2D eigenvalue weighted by molar-refractivity contribution is 7.25. The molecular formula is C55H34N2S. The van der Waals surface area contributed by atoms with E-state index >= 15 is 0 Å². The Balaban J connectivity index is 1.16. The Bertz CT molecular complexity index is 3430. The summed E-state index contributed by atoms with van der Waals surface area (Å²) in [6, 6.07) is 76.8. The van der Waals surface area contributed by atoms with Gasteiger partial charge in [-0.05, 0) is 93.5 Å². The van der Waals surface area contributed by atoms with E-state index in [1.165, 1.54) is 92.2 Å². The van der Waals surface area contributed by atoms with E-state index in [2.05, 4.69) is 216 Å². The fourth-order valence-corrected chi connectivity index (χ4v) is 11.8. The molecule has 3 heteroatoms. The summed E-state index contributed by atoms with van der Waals surface area (Å²) in [4.78, 5) is 2.56. The first kappa shape index (κ1) is 31.9. The number of hydrogen-bond donors (Lipinski definition) is 0. The summed E-state index contributed by atoms with van der Waals surface area (Å²) in [6.07, 6.45) is 0. The van der Waals surface area contributed by atoms with Gasteiger partial charge in [0.1, 0.15) is 0 Å². The lowest BCUT2D eigenvalue weighted by Crippen LogP contribution is -2.26. The van der Waals surface area contributed by atoms with Crippen molar-refractivity contribution in [2.24, 2.45) is 0 Å². The molecule has 0 radical (unpaired) electrons. The van der Waals surface area contributed by atoms with Gasteiger partial charge in [-0.2, -0.15) is 0 Å². The number of rotatable bonds is 4. The van der Waals surface area contributed by atoms with E-state index in [4.69, 9.17) is 0 Å². The molecule has 0 amide bonds. The van der Waals surface area contributed by atoms with Crippen molar-refractivity contribution >= 4 is 70.4 Å². The van der Waals surface area contributed by atoms with Crippen LogP contribution in [0.3, 0.4) is 0 Å². The fraction of sp³-hybridized carbons (Fsp3) is 0.0182. The lowest BCUT2D eigenvalue weighted by molar-refractivity contribution is 0.794. The second-order valence-corrected chi connectivity index (χ2v) is 16.6. The maximum Gasteiger partial charge on any atom is 0.0726 e. The molecule has 2 aromatic heterocycles. The van der Waals surface area contributed by atoms with Crippen LogP contribution in [0.15, 0.2) is 206 Å². The minimum absolute atomic E-state index is 0.439. The molecule has 0 saturated carbocycles. The van der Waals surface area contributed by atoms with Gasteiger partial charge in [-0.1, -0.05) is 152 Å². The summed E-state index contributed by atoms with van der Waals surface area (Å²) in [5.74, 6) is 0. The van der Waals surface area contributed by atoms with Gasteiger partial charge in [-0.3, -0.25) is 0 Å². The summed E-state index contributed by atoms with van der Waals surface area (Å²) >= 11 is 1.87. The molecular weight excluding hydrogens is 721 g/mol. The van der Waals surface area contributed by atoms with Crippen LogP contribution in [-0.2, 0) is 5.41 Å². The van der Waals surface area contributed by atoms with Gasteiger partial charge in [0.05, 0.1) is 27.8 Å². The van der Waals surface area contributed by atoms with E-state index in [1.54, 1.807) is 0 Å². The van der Waals surface area contributed by atoms with Gasteiger partial charge in [-0.25, -0.2) is 0 Å². The van der Waals surface area contributed by atoms with Crippen LogP contribution in [0.5, 0.6) is 0 Å². The van der Waals surface area contributed by atoms with Gasteiger partial charge >= 0.3 is 0 Å². The molecule has 2 aliphatic carbocycles. The van der Waals surface area contributed by atoms with Gasteiger partial charge in [0.2, 0.25) is 0 Å². The average molecular weight is 755 g/mol. The van der Waals surface area contributed by atoms with E-state index in [0.29, 0.717) is 0 Å². The summed E-state index contributed by atoms with van der Waals surface area (Å²) in [5.41, 5.74) is 17.1. The Morgan fingerprint density at radius 3 is 1.76 bits per heavy atom. The summed E-state index contributed by atoms with van der Waals surface area (Å²) in [7, 11) is 0. The second-order valence-electron chi connectivity index (χ2n) is 15.6. The SMILES string of the molecule is c1ccc(-n2c3ccccc3c3c(N(c4ccc5c(c4)sc4ccccc45)c4cccc5c4-c4ccccc4C54c5ccccc5-c5ccccc54)cccc32)cc1. The normalized spacial score (nSPS) is 13.3. The lowest BCUT2D eigenvalue weighted by Gasteiger charge is -2.32. The topological polar surface area (TPSA) is 8.17 Å². The van der Waals surface area contributed by atoms with Crippen molar-refractivity contribution in [2.75, 3.05) is 4.90 Å². The Morgan fingerprint density at radius 1 is 0.397 bits per heavy atom. The number of benzene rings is 9. The first-order valence-electron chi connectivity index (χ1n) is 20.0. The number of thiophene rings is 1. The first-order chi connectivity index (χ1) is 28.8. The Hall–Kier alpha value is -7.20. The summed E-state index contributed by atoms with van der Waals surface area (Å²) in [6.45, 7) is 0. The van der Waals surface area contributed by atoms with Gasteiger partial charge in [-0.15, -0.1) is 11.3 Å². The van der Waals surface area contributed by atoms with Crippen LogP contribution < -0.4 is 4.90 Å². The molecule has 0 atom stereocenters. The Kier molecular flexibility index (Phi) is 6.56. The summed E-state index contributed by atoms with van der Waals surface area (Å²) < 4.78 is 5.02. The second kappa shape index (κ2) is 11.9. The zero-order chi connectivity index (χ0) is 38.0. The number of anilines is 3. The molecule has 2 heterocycles. The third-order valence-corrected chi connectivity index (χ3v) is 13.9. The Labute approximate surface area is 340 Å². The molecule has 1 spiro atoms. The number of para-hydroxylation sites is 2. The third-order valence-electron chi connectivity index (χ3n) is 12.8. The average Bonchev–Trinajstić information content (AvgIpc) is 4.01. The van der Waals surface area contributed by atoms with E-state index in [-0.39, 0.29) is 0 Å². The van der Waals surface area contributed by atoms with Crippen molar-refractivity contribution in [1.29, 1.82) is 0 Å². The fourth-order valence-electron chi connectivity index (χ4n) is 10.6. The smallest absolute Gasteiger partial charge is 0.0726 e. The molecule has 11 aromatic rings. The zero-order valence-corrected chi connectivity index (χ0v) is 32.2. The predicted octanol–water partition coefficient (Wildman–Crippen LogP) is 15.0. The van der Waals surface area contributed by atoms with Crippen molar-refractivity contribution in [1.82, 2.24) is 4.57 Å². The van der Waals surface area contributed by atoms with Crippen LogP contribution in [0.25, 0.3) is 69.9 Å². The van der Waals surface area contributed by atoms with Crippen LogP contribution in [-0.4, -0.2) is 4.57 Å². The lowest BCUT2D eigenvalue weighted by atomic mass is 9.70. The molecule has 13 rings (SSSR count). The maximum absolute atomic E-state index is 2.56. The molecule has 0 saturated heterocycles. The molecule has 0 N–H and O–H groups in total. The highest BCUT2D eigenvalue weighted by Gasteiger charge is 2.52. The number of fused-ring (bicyclic) bond motifs is 16. The monoisotopic (exact) mass is 754 g/mol. The number of aromatic nitrogens is 1. The molecule has 0 fully saturated rings. The first-order valence-corrected chi connectivity index (χ1v) is 20.8. The van der Waals surface area contributed by atoms with Crippen molar-refractivity contribution < 1.29 is 0 Å². The number of hydrogen-bond acceptors (Lipinski definition) is 2. The molecule has 0 unspecified atom stereocenters. The minimum atomic E-state index is -0.439. The van der Waals surface area contributed by atoms with Crippen LogP contribution in [0.1, 0.15) is 22.3 Å². The van der Waals surface area contributed by atoms with Crippen molar-refractivity contribution in [3.8, 4) is 27.9 Å². The standard InChI is InChI=1S/C55H34N2S/c1-2-16-35(17-3-1)56-47-27-12-7-22-42(47)54-49(56)29-15-30-50(54)57(36-32-33-40-39-20-8-13-31-51(39)58-52(40)34-36)48-28-14-26-46-53(48)41-21-6-11-25-45(41)55(46)43-23-9-4-18-37(43)38-19-5-10-24-44(38)55/h1-34H. The summed E-state index contributed by atoms with van der Waals surface area (Å²) in [5, 5.41) is 5.06. The molecule has 0 aliphatic heterocycles. The van der Waals surface area contributed by atoms with Crippen LogP contribution in [0.4, 0.5) is 17.1 Å². The predicted molar refractivity (Wildman–Crippen MR) is 245 cm³/mol. The van der Waals surface area contributed by atoms with E-state index < -0.39 is 5.41 Å². The largest absolute Gasteiger partial charge is 0.309 e. The van der Waals surface area contributed by atoms with Crippen LogP contribution in [0, 0.1) is 0 Å². The minimum Gasteiger partial charge on any atom is -0.309 e. The van der Waals surface area contributed by atoms with E-state index in [0.717, 1.165) is 17.1 Å². The van der Waals surface area contributed by atoms with Crippen LogP contribution >= 0.6 is 11.3 Å². The van der Waals surface area contributed by atoms with Crippen molar-refractivity contribution in [3.63, 3.8) is 0 Å². The van der Waals surface area contributed by atoms with Gasteiger partial charge in [0.25, 0.3) is 0 Å². The highest BCUT2D eigenvalue weighted by atomic mass is 32.1. The van der Waals surface area contributed by atoms with Gasteiger partial charge in [0, 0.05) is 47.9 Å². The van der Waals surface area contributed by atoms with Crippen molar-refractivity contribution in [2.45, 2.75) is 5.41 Å². The van der Waals surface area contributed by atoms with E-state index in [1.807, 2.05) is 11.3 Å². The molecule has 270 valence electrons. The molecule has 2 aliphatic rings. The third kappa shape index (κ3) is 4.11. The molecule has 58 heavy (non-hydrogen) atoms. The molecule has 9 aromatic carbocycles. The highest BCUT2D eigenvalue weighted by Crippen LogP contribution is 2.65. The quantitative estimate of drug-likeness (QED) is 0.174. The van der Waals surface area contributed by atoms with Gasteiger partial charge < -0.3 is 9.47 Å². The maximum atomic E-state index is 2.56. The molecule has 0 bridgehead atoms. The number of nitrogens with zero attached hydrogens (tertiary/aromatic N) is 2.